The largest absolute Gasteiger partial charge is 0.352 e. The van der Waals surface area contributed by atoms with Crippen LogP contribution in [0.4, 0.5) is 5.69 Å². The molecule has 1 aliphatic carbocycles. The third kappa shape index (κ3) is 8.29. The molecule has 46 heavy (non-hydrogen) atoms. The average molecular weight is 679 g/mol. The molecule has 4 aromatic carbocycles. The summed E-state index contributed by atoms with van der Waals surface area (Å²) >= 11 is 13.1. The normalized spacial score (nSPS) is 14.3. The number of carbonyl (C=O) groups excluding carboxylic acids is 2. The summed E-state index contributed by atoms with van der Waals surface area (Å²) in [4.78, 5) is 30.3. The minimum absolute atomic E-state index is 0.00413. The van der Waals surface area contributed by atoms with Crippen LogP contribution in [-0.4, -0.2) is 43.8 Å². The molecular formula is C36H37Cl2N3O4S. The van der Waals surface area contributed by atoms with Crippen LogP contribution in [0.5, 0.6) is 0 Å². The Morgan fingerprint density at radius 2 is 1.35 bits per heavy atom. The summed E-state index contributed by atoms with van der Waals surface area (Å²) in [7, 11) is -4.24. The number of sulfonamides is 1. The van der Waals surface area contributed by atoms with Crippen molar-refractivity contribution in [3.63, 3.8) is 0 Å². The number of nitrogens with zero attached hydrogens (tertiary/aromatic N) is 2. The van der Waals surface area contributed by atoms with Crippen LogP contribution in [-0.2, 0) is 32.6 Å². The van der Waals surface area contributed by atoms with Gasteiger partial charge in [0.05, 0.1) is 15.6 Å². The number of rotatable bonds is 12. The molecule has 1 saturated carbocycles. The molecule has 0 spiro atoms. The van der Waals surface area contributed by atoms with Crippen molar-refractivity contribution in [2.24, 2.45) is 0 Å². The quantitative estimate of drug-likeness (QED) is 0.171. The third-order valence-corrected chi connectivity index (χ3v) is 10.7. The number of halogens is 2. The van der Waals surface area contributed by atoms with E-state index in [-0.39, 0.29) is 40.5 Å². The van der Waals surface area contributed by atoms with Crippen LogP contribution in [0.25, 0.3) is 0 Å². The molecule has 1 atom stereocenters. The van der Waals surface area contributed by atoms with E-state index >= 15 is 0 Å². The number of amides is 2. The van der Waals surface area contributed by atoms with Crippen molar-refractivity contribution in [2.75, 3.05) is 10.8 Å². The maximum Gasteiger partial charge on any atom is 0.264 e. The zero-order chi connectivity index (χ0) is 32.5. The van der Waals surface area contributed by atoms with Gasteiger partial charge < -0.3 is 10.2 Å². The number of hydrogen-bond acceptors (Lipinski definition) is 4. The molecule has 1 N–H and O–H groups in total. The van der Waals surface area contributed by atoms with Gasteiger partial charge in [0.2, 0.25) is 11.8 Å². The van der Waals surface area contributed by atoms with Crippen LogP contribution in [0.1, 0.15) is 43.2 Å². The molecule has 5 rings (SSSR count). The smallest absolute Gasteiger partial charge is 0.264 e. The van der Waals surface area contributed by atoms with Gasteiger partial charge in [-0.05, 0) is 54.3 Å². The molecule has 0 bridgehead atoms. The van der Waals surface area contributed by atoms with Crippen LogP contribution in [0, 0.1) is 0 Å². The van der Waals surface area contributed by atoms with E-state index in [0.717, 1.165) is 42.0 Å². The number of para-hydroxylation sites is 1. The van der Waals surface area contributed by atoms with Crippen LogP contribution in [0.2, 0.25) is 10.0 Å². The molecular weight excluding hydrogens is 641 g/mol. The second-order valence-corrected chi connectivity index (χ2v) is 14.1. The molecule has 0 unspecified atom stereocenters. The van der Waals surface area contributed by atoms with Crippen molar-refractivity contribution in [1.29, 1.82) is 0 Å². The van der Waals surface area contributed by atoms with Gasteiger partial charge in [0, 0.05) is 24.0 Å². The SMILES string of the molecule is O=C(NC1CCCCC1)[C@@H](Cc1ccccc1)N(Cc1ccccc1Cl)C(=O)CN(c1ccccc1Cl)S(=O)(=O)c1ccccc1. The lowest BCUT2D eigenvalue weighted by Gasteiger charge is -2.35. The second kappa shape index (κ2) is 15.6. The van der Waals surface area contributed by atoms with Gasteiger partial charge in [0.1, 0.15) is 12.6 Å². The van der Waals surface area contributed by atoms with Gasteiger partial charge in [0.25, 0.3) is 10.0 Å². The predicted molar refractivity (Wildman–Crippen MR) is 183 cm³/mol. The second-order valence-electron chi connectivity index (χ2n) is 11.4. The summed E-state index contributed by atoms with van der Waals surface area (Å²) in [6, 6.07) is 30.1. The van der Waals surface area contributed by atoms with Crippen molar-refractivity contribution in [1.82, 2.24) is 10.2 Å². The molecule has 0 saturated heterocycles. The number of nitrogens with one attached hydrogen (secondary N) is 1. The first-order valence-corrected chi connectivity index (χ1v) is 17.6. The lowest BCUT2D eigenvalue weighted by molar-refractivity contribution is -0.140. The fourth-order valence-electron chi connectivity index (χ4n) is 5.80. The van der Waals surface area contributed by atoms with Crippen molar-refractivity contribution in [3.8, 4) is 0 Å². The molecule has 0 aromatic heterocycles. The standard InChI is InChI=1S/C36H37Cl2N3O4S/c37-31-21-11-10-16-28(31)25-40(34(24-27-14-4-1-5-15-27)36(43)39-29-17-6-2-7-18-29)35(42)26-41(33-23-13-12-22-32(33)38)46(44,45)30-19-8-3-9-20-30/h1,3-5,8-16,19-23,29,34H,2,6-7,17-18,24-26H2,(H,39,43)/t34-/m1/s1. The highest BCUT2D eigenvalue weighted by Crippen LogP contribution is 2.31. The lowest BCUT2D eigenvalue weighted by atomic mass is 9.94. The highest BCUT2D eigenvalue weighted by atomic mass is 35.5. The maximum atomic E-state index is 14.6. The van der Waals surface area contributed by atoms with Gasteiger partial charge in [-0.15, -0.1) is 0 Å². The molecule has 2 amide bonds. The highest BCUT2D eigenvalue weighted by molar-refractivity contribution is 7.92. The van der Waals surface area contributed by atoms with Gasteiger partial charge >= 0.3 is 0 Å². The van der Waals surface area contributed by atoms with Gasteiger partial charge in [-0.2, -0.15) is 0 Å². The Morgan fingerprint density at radius 3 is 2.00 bits per heavy atom. The van der Waals surface area contributed by atoms with Crippen LogP contribution < -0.4 is 9.62 Å². The number of anilines is 1. The molecule has 0 aliphatic heterocycles. The van der Waals surface area contributed by atoms with Crippen LogP contribution in [0.15, 0.2) is 114 Å². The molecule has 10 heteroatoms. The summed E-state index contributed by atoms with van der Waals surface area (Å²) in [5.74, 6) is -0.856. The van der Waals surface area contributed by atoms with E-state index in [0.29, 0.717) is 10.6 Å². The Bertz CT molecular complexity index is 1730. The Labute approximate surface area is 281 Å². The summed E-state index contributed by atoms with van der Waals surface area (Å²) in [5, 5.41) is 3.81. The Hall–Kier alpha value is -3.85. The first-order valence-electron chi connectivity index (χ1n) is 15.4. The van der Waals surface area contributed by atoms with Gasteiger partial charge in [-0.25, -0.2) is 8.42 Å². The molecule has 1 aliphatic rings. The Balaban J connectivity index is 1.57. The monoisotopic (exact) mass is 677 g/mol. The molecule has 0 heterocycles. The van der Waals surface area contributed by atoms with E-state index in [2.05, 4.69) is 5.32 Å². The molecule has 240 valence electrons. The van der Waals surface area contributed by atoms with Crippen molar-refractivity contribution >= 4 is 50.7 Å². The van der Waals surface area contributed by atoms with Crippen molar-refractivity contribution in [2.45, 2.75) is 62.0 Å². The van der Waals surface area contributed by atoms with Crippen molar-refractivity contribution in [3.05, 3.63) is 130 Å². The maximum absolute atomic E-state index is 14.6. The fourth-order valence-corrected chi connectivity index (χ4v) is 7.73. The topological polar surface area (TPSA) is 86.8 Å². The summed E-state index contributed by atoms with van der Waals surface area (Å²) in [6.07, 6.45) is 5.16. The first kappa shape index (κ1) is 33.5. The van der Waals surface area contributed by atoms with E-state index in [9.17, 15) is 18.0 Å². The Kier molecular flexibility index (Phi) is 11.4. The first-order chi connectivity index (χ1) is 22.2. The zero-order valence-corrected chi connectivity index (χ0v) is 27.7. The van der Waals surface area contributed by atoms with E-state index < -0.39 is 28.5 Å². The van der Waals surface area contributed by atoms with E-state index in [1.807, 2.05) is 36.4 Å². The predicted octanol–water partition coefficient (Wildman–Crippen LogP) is 7.28. The lowest BCUT2D eigenvalue weighted by Crippen LogP contribution is -2.55. The fraction of sp³-hybridized carbons (Fsp3) is 0.278. The minimum Gasteiger partial charge on any atom is -0.352 e. The van der Waals surface area contributed by atoms with Crippen LogP contribution in [0.3, 0.4) is 0 Å². The van der Waals surface area contributed by atoms with Gasteiger partial charge in [0.15, 0.2) is 0 Å². The summed E-state index contributed by atoms with van der Waals surface area (Å²) in [5.41, 5.74) is 1.66. The number of benzene rings is 4. The summed E-state index contributed by atoms with van der Waals surface area (Å²) in [6.45, 7) is -0.594. The summed E-state index contributed by atoms with van der Waals surface area (Å²) < 4.78 is 29.2. The van der Waals surface area contributed by atoms with E-state index in [1.54, 1.807) is 60.7 Å². The van der Waals surface area contributed by atoms with Gasteiger partial charge in [-0.3, -0.25) is 13.9 Å². The molecule has 4 aromatic rings. The van der Waals surface area contributed by atoms with E-state index in [1.165, 1.54) is 17.0 Å². The Morgan fingerprint density at radius 1 is 0.761 bits per heavy atom. The van der Waals surface area contributed by atoms with Crippen molar-refractivity contribution < 1.29 is 18.0 Å². The average Bonchev–Trinajstić information content (AvgIpc) is 3.07. The molecule has 1 fully saturated rings. The number of hydrogen-bond donors (Lipinski definition) is 1. The zero-order valence-electron chi connectivity index (χ0n) is 25.4. The number of carbonyl (C=O) groups is 2. The van der Waals surface area contributed by atoms with E-state index in [4.69, 9.17) is 23.2 Å². The van der Waals surface area contributed by atoms with Crippen LogP contribution >= 0.6 is 23.2 Å². The highest BCUT2D eigenvalue weighted by Gasteiger charge is 2.36. The third-order valence-electron chi connectivity index (χ3n) is 8.25. The molecule has 0 radical (unpaired) electrons. The molecule has 7 nitrogen and oxygen atoms in total. The van der Waals surface area contributed by atoms with Gasteiger partial charge in [-0.1, -0.05) is 121 Å². The minimum atomic E-state index is -4.24.